The predicted molar refractivity (Wildman–Crippen MR) is 121 cm³/mol. The van der Waals surface area contributed by atoms with E-state index in [-0.39, 0.29) is 10.0 Å². The van der Waals surface area contributed by atoms with Crippen LogP contribution in [0, 0.1) is 0 Å². The van der Waals surface area contributed by atoms with Gasteiger partial charge in [-0.2, -0.15) is 13.2 Å². The molecular formula is C21H14Cl2F3NO4S2. The summed E-state index contributed by atoms with van der Waals surface area (Å²) in [5.41, 5.74) is -1.78. The first-order valence-electron chi connectivity index (χ1n) is 9.03. The van der Waals surface area contributed by atoms with E-state index in [0.29, 0.717) is 6.21 Å². The maximum absolute atomic E-state index is 13.3. The first kappa shape index (κ1) is 25.2. The second kappa shape index (κ2) is 9.46. The van der Waals surface area contributed by atoms with Gasteiger partial charge < -0.3 is 0 Å². The van der Waals surface area contributed by atoms with Crippen LogP contribution in [0.4, 0.5) is 18.9 Å². The van der Waals surface area contributed by atoms with Crippen LogP contribution < -0.4 is 0 Å². The van der Waals surface area contributed by atoms with Crippen LogP contribution in [0.15, 0.2) is 87.6 Å². The summed E-state index contributed by atoms with van der Waals surface area (Å²) in [7, 11) is -9.32. The minimum absolute atomic E-state index is 0.207. The van der Waals surface area contributed by atoms with Gasteiger partial charge in [-0.15, -0.1) is 0 Å². The fourth-order valence-electron chi connectivity index (χ4n) is 2.81. The Hall–Kier alpha value is -2.40. The number of nitrogens with zero attached hydrogens (tertiary/aromatic N) is 1. The van der Waals surface area contributed by atoms with Gasteiger partial charge in [-0.3, -0.25) is 4.99 Å². The second-order valence-electron chi connectivity index (χ2n) is 6.66. The van der Waals surface area contributed by atoms with Crippen molar-refractivity contribution in [3.8, 4) is 0 Å². The SMILES string of the molecule is O=S(=O)(c1ccc(Cl)cc1)C(C=Nc1ccccc1C(F)(F)F)S(=O)(=O)c1ccc(Cl)cc1. The minimum Gasteiger partial charge on any atom is -0.258 e. The van der Waals surface area contributed by atoms with Crippen LogP contribution in [0.1, 0.15) is 5.56 Å². The van der Waals surface area contributed by atoms with E-state index in [9.17, 15) is 30.0 Å². The lowest BCUT2D eigenvalue weighted by Gasteiger charge is -2.16. The summed E-state index contributed by atoms with van der Waals surface area (Å²) < 4.78 is 90.7. The lowest BCUT2D eigenvalue weighted by molar-refractivity contribution is -0.137. The zero-order valence-electron chi connectivity index (χ0n) is 16.4. The van der Waals surface area contributed by atoms with Gasteiger partial charge in [0.05, 0.1) is 21.0 Å². The van der Waals surface area contributed by atoms with Gasteiger partial charge in [0.15, 0.2) is 0 Å². The van der Waals surface area contributed by atoms with E-state index in [4.69, 9.17) is 23.2 Å². The predicted octanol–water partition coefficient (Wildman–Crippen LogP) is 5.99. The Morgan fingerprint density at radius 1 is 0.727 bits per heavy atom. The molecule has 0 spiro atoms. The molecule has 0 radical (unpaired) electrons. The van der Waals surface area contributed by atoms with E-state index in [2.05, 4.69) is 4.99 Å². The third-order valence-electron chi connectivity index (χ3n) is 4.44. The molecule has 0 bridgehead atoms. The number of hydrogen-bond donors (Lipinski definition) is 0. The van der Waals surface area contributed by atoms with E-state index < -0.39 is 51.5 Å². The van der Waals surface area contributed by atoms with Crippen molar-refractivity contribution in [3.05, 3.63) is 88.4 Å². The van der Waals surface area contributed by atoms with Crippen LogP contribution in [0.25, 0.3) is 0 Å². The highest BCUT2D eigenvalue weighted by molar-refractivity contribution is 8.10. The van der Waals surface area contributed by atoms with E-state index >= 15 is 0 Å². The normalized spacial score (nSPS) is 13.0. The van der Waals surface area contributed by atoms with Gasteiger partial charge in [-0.05, 0) is 60.7 Å². The molecule has 0 atom stereocenters. The average molecular weight is 536 g/mol. The van der Waals surface area contributed by atoms with E-state index in [1.807, 2.05) is 0 Å². The summed E-state index contributed by atoms with van der Waals surface area (Å²) in [6.45, 7) is 0. The Morgan fingerprint density at radius 3 is 1.58 bits per heavy atom. The molecule has 0 aliphatic carbocycles. The lowest BCUT2D eigenvalue weighted by Crippen LogP contribution is -2.32. The Morgan fingerprint density at radius 2 is 1.15 bits per heavy atom. The van der Waals surface area contributed by atoms with E-state index in [0.717, 1.165) is 42.5 Å². The van der Waals surface area contributed by atoms with E-state index in [1.54, 1.807) is 0 Å². The number of hydrogen-bond acceptors (Lipinski definition) is 5. The number of aliphatic imine (C=N–C) groups is 1. The molecule has 12 heteroatoms. The Bertz CT molecular complexity index is 1310. The maximum atomic E-state index is 13.3. The fourth-order valence-corrected chi connectivity index (χ4v) is 7.07. The second-order valence-corrected chi connectivity index (χ2v) is 12.0. The Labute approximate surface area is 198 Å². The highest BCUT2D eigenvalue weighted by Crippen LogP contribution is 2.36. The van der Waals surface area contributed by atoms with Gasteiger partial charge in [0.1, 0.15) is 0 Å². The van der Waals surface area contributed by atoms with Crippen LogP contribution in [0.2, 0.25) is 10.0 Å². The molecule has 0 fully saturated rings. The molecule has 174 valence electrons. The molecular weight excluding hydrogens is 522 g/mol. The van der Waals surface area contributed by atoms with Crippen LogP contribution in [-0.2, 0) is 25.9 Å². The minimum atomic E-state index is -4.78. The topological polar surface area (TPSA) is 80.6 Å². The molecule has 0 aliphatic heterocycles. The molecule has 0 N–H and O–H groups in total. The molecule has 0 amide bonds. The summed E-state index contributed by atoms with van der Waals surface area (Å²) in [6.07, 6.45) is -4.30. The lowest BCUT2D eigenvalue weighted by atomic mass is 10.2. The molecule has 3 aromatic carbocycles. The molecule has 0 unspecified atom stereocenters. The smallest absolute Gasteiger partial charge is 0.258 e. The van der Waals surface area contributed by atoms with E-state index in [1.165, 1.54) is 30.3 Å². The molecule has 0 saturated heterocycles. The molecule has 5 nitrogen and oxygen atoms in total. The van der Waals surface area contributed by atoms with Crippen LogP contribution in [0.5, 0.6) is 0 Å². The molecule has 0 aliphatic rings. The fraction of sp³-hybridized carbons (Fsp3) is 0.0952. The number of halogens is 5. The van der Waals surface area contributed by atoms with Gasteiger partial charge >= 0.3 is 6.18 Å². The molecule has 3 aromatic rings. The summed E-state index contributed by atoms with van der Waals surface area (Å²) in [5.74, 6) is 0. The molecule has 0 heterocycles. The summed E-state index contributed by atoms with van der Waals surface area (Å²) in [4.78, 5) is 2.84. The molecule has 0 saturated carbocycles. The third-order valence-corrected chi connectivity index (χ3v) is 9.79. The van der Waals surface area contributed by atoms with Gasteiger partial charge in [-0.1, -0.05) is 35.3 Å². The number of alkyl halides is 3. The molecule has 33 heavy (non-hydrogen) atoms. The van der Waals surface area contributed by atoms with Gasteiger partial charge in [-0.25, -0.2) is 16.8 Å². The maximum Gasteiger partial charge on any atom is 0.418 e. The van der Waals surface area contributed by atoms with Crippen molar-refractivity contribution in [1.29, 1.82) is 0 Å². The summed E-state index contributed by atoms with van der Waals surface area (Å²) >= 11 is 11.6. The van der Waals surface area contributed by atoms with Crippen molar-refractivity contribution >= 4 is 54.8 Å². The number of rotatable bonds is 6. The van der Waals surface area contributed by atoms with Crippen molar-refractivity contribution in [2.45, 2.75) is 20.5 Å². The van der Waals surface area contributed by atoms with Gasteiger partial charge in [0.2, 0.25) is 24.3 Å². The number of sulfone groups is 2. The largest absolute Gasteiger partial charge is 0.418 e. The zero-order chi connectivity index (χ0) is 24.4. The molecule has 3 rings (SSSR count). The van der Waals surface area contributed by atoms with Crippen molar-refractivity contribution in [2.75, 3.05) is 0 Å². The highest BCUT2D eigenvalue weighted by atomic mass is 35.5. The standard InChI is InChI=1S/C21H14Cl2F3NO4S2/c22-14-5-9-16(10-6-14)32(28,29)20(33(30,31)17-11-7-15(23)8-12-17)13-27-19-4-2-1-3-18(19)21(24,25)26/h1-13,20H. The number of para-hydroxylation sites is 1. The van der Waals surface area contributed by atoms with Gasteiger partial charge in [0.25, 0.3) is 0 Å². The Balaban J connectivity index is 2.19. The highest BCUT2D eigenvalue weighted by Gasteiger charge is 2.39. The van der Waals surface area contributed by atoms with Crippen molar-refractivity contribution in [3.63, 3.8) is 0 Å². The van der Waals surface area contributed by atoms with Crippen molar-refractivity contribution < 1.29 is 30.0 Å². The quantitative estimate of drug-likeness (QED) is 0.363. The van der Waals surface area contributed by atoms with Crippen molar-refractivity contribution in [1.82, 2.24) is 0 Å². The van der Waals surface area contributed by atoms with Crippen molar-refractivity contribution in [2.24, 2.45) is 4.99 Å². The number of benzene rings is 3. The van der Waals surface area contributed by atoms with Crippen LogP contribution in [0.3, 0.4) is 0 Å². The summed E-state index contributed by atoms with van der Waals surface area (Å²) in [5, 5.41) is 0.415. The molecule has 0 aromatic heterocycles. The first-order valence-corrected chi connectivity index (χ1v) is 12.9. The van der Waals surface area contributed by atoms with Crippen LogP contribution >= 0.6 is 23.2 Å². The van der Waals surface area contributed by atoms with Gasteiger partial charge in [0, 0.05) is 16.3 Å². The zero-order valence-corrected chi connectivity index (χ0v) is 19.5. The Kier molecular flexibility index (Phi) is 7.23. The summed E-state index contributed by atoms with van der Waals surface area (Å²) in [6, 6.07) is 13.5. The van der Waals surface area contributed by atoms with Crippen LogP contribution in [-0.4, -0.2) is 27.6 Å². The average Bonchev–Trinajstić information content (AvgIpc) is 2.74. The first-order chi connectivity index (χ1) is 15.3. The third kappa shape index (κ3) is 5.57. The monoisotopic (exact) mass is 535 g/mol.